The number of hydrogen-bond donors (Lipinski definition) is 0. The van der Waals surface area contributed by atoms with Crippen molar-refractivity contribution in [3.63, 3.8) is 0 Å². The van der Waals surface area contributed by atoms with Gasteiger partial charge < -0.3 is 9.13 Å². The summed E-state index contributed by atoms with van der Waals surface area (Å²) in [5, 5.41) is 11.9. The summed E-state index contributed by atoms with van der Waals surface area (Å²) in [4.78, 5) is 10.2. The third-order valence-electron chi connectivity index (χ3n) is 12.5. The highest BCUT2D eigenvalue weighted by molar-refractivity contribution is 6.12. The molecular formula is C56H34N4. The minimum atomic E-state index is 1.01. The van der Waals surface area contributed by atoms with E-state index < -0.39 is 0 Å². The molecule has 13 rings (SSSR count). The number of para-hydroxylation sites is 4. The molecule has 278 valence electrons. The van der Waals surface area contributed by atoms with Crippen molar-refractivity contribution in [2.24, 2.45) is 0 Å². The molecule has 0 fully saturated rings. The predicted octanol–water partition coefficient (Wildman–Crippen LogP) is 14.6. The quantitative estimate of drug-likeness (QED) is 0.167. The summed E-state index contributed by atoms with van der Waals surface area (Å²) in [5.41, 5.74) is 13.6. The summed E-state index contributed by atoms with van der Waals surface area (Å²) in [6.45, 7) is 0. The van der Waals surface area contributed by atoms with Gasteiger partial charge in [0, 0.05) is 78.0 Å². The van der Waals surface area contributed by atoms with Gasteiger partial charge in [0.05, 0.1) is 33.1 Å². The van der Waals surface area contributed by atoms with Crippen LogP contribution in [0, 0.1) is 0 Å². The summed E-state index contributed by atoms with van der Waals surface area (Å²) >= 11 is 0. The van der Waals surface area contributed by atoms with Crippen LogP contribution in [-0.4, -0.2) is 19.1 Å². The molecule has 4 heterocycles. The van der Waals surface area contributed by atoms with E-state index in [1.54, 1.807) is 0 Å². The monoisotopic (exact) mass is 762 g/mol. The summed E-state index contributed by atoms with van der Waals surface area (Å²) in [7, 11) is 0. The van der Waals surface area contributed by atoms with E-state index in [-0.39, 0.29) is 0 Å². The van der Waals surface area contributed by atoms with Crippen LogP contribution < -0.4 is 0 Å². The number of fused-ring (bicyclic) bond motifs is 12. The Hall–Kier alpha value is -8.08. The van der Waals surface area contributed by atoms with Crippen molar-refractivity contribution in [1.82, 2.24) is 19.1 Å². The predicted molar refractivity (Wildman–Crippen MR) is 252 cm³/mol. The number of benzene rings is 9. The molecule has 0 atom stereocenters. The first-order chi connectivity index (χ1) is 29.7. The van der Waals surface area contributed by atoms with E-state index in [1.807, 2.05) is 12.4 Å². The molecule has 9 aromatic carbocycles. The fraction of sp³-hybridized carbons (Fsp3) is 0. The SMILES string of the molecule is c1cc(-c2cnc3c(ccc4cc(-n5c6ccccc6c6ccccc65)ccc43)c2)cc(-c2cnc3c(ccc4cc(-n5c6ccccc6c6ccccc65)ccc43)c2)c1. The Kier molecular flexibility index (Phi) is 6.98. The topological polar surface area (TPSA) is 35.6 Å². The maximum atomic E-state index is 5.08. The molecule has 13 aromatic rings. The zero-order valence-electron chi connectivity index (χ0n) is 32.4. The molecule has 0 bridgehead atoms. The lowest BCUT2D eigenvalue weighted by molar-refractivity contribution is 1.19. The van der Waals surface area contributed by atoms with Gasteiger partial charge in [-0.1, -0.05) is 127 Å². The van der Waals surface area contributed by atoms with Crippen LogP contribution in [0.1, 0.15) is 0 Å². The Balaban J connectivity index is 0.836. The molecule has 0 amide bonds. The van der Waals surface area contributed by atoms with E-state index >= 15 is 0 Å². The third-order valence-corrected chi connectivity index (χ3v) is 12.5. The Bertz CT molecular complexity index is 3550. The first-order valence-electron chi connectivity index (χ1n) is 20.5. The maximum Gasteiger partial charge on any atom is 0.0780 e. The van der Waals surface area contributed by atoms with Crippen LogP contribution in [0.3, 0.4) is 0 Å². The normalized spacial score (nSPS) is 12.0. The van der Waals surface area contributed by atoms with Crippen molar-refractivity contribution in [3.05, 3.63) is 207 Å². The second-order valence-corrected chi connectivity index (χ2v) is 15.9. The maximum absolute atomic E-state index is 5.08. The lowest BCUT2D eigenvalue weighted by Gasteiger charge is -2.12. The zero-order chi connectivity index (χ0) is 39.3. The molecule has 4 heteroatoms. The van der Waals surface area contributed by atoms with Crippen LogP contribution in [0.4, 0.5) is 0 Å². The molecule has 0 N–H and O–H groups in total. The van der Waals surface area contributed by atoms with E-state index in [4.69, 9.17) is 9.97 Å². The second kappa shape index (κ2) is 12.7. The minimum Gasteiger partial charge on any atom is -0.309 e. The average molecular weight is 763 g/mol. The number of aromatic nitrogens is 4. The molecule has 0 spiro atoms. The van der Waals surface area contributed by atoms with E-state index in [2.05, 4.69) is 203 Å². The van der Waals surface area contributed by atoms with Crippen molar-refractivity contribution < 1.29 is 0 Å². The number of pyridine rings is 2. The molecule has 0 aliphatic rings. The highest BCUT2D eigenvalue weighted by atomic mass is 15.0. The lowest BCUT2D eigenvalue weighted by Crippen LogP contribution is -1.94. The summed E-state index contributed by atoms with van der Waals surface area (Å²) in [6, 6.07) is 70.2. The van der Waals surface area contributed by atoms with Crippen molar-refractivity contribution in [2.75, 3.05) is 0 Å². The van der Waals surface area contributed by atoms with Gasteiger partial charge in [0.15, 0.2) is 0 Å². The molecule has 4 nitrogen and oxygen atoms in total. The third kappa shape index (κ3) is 4.91. The fourth-order valence-electron chi connectivity index (χ4n) is 9.71. The first-order valence-corrected chi connectivity index (χ1v) is 20.5. The average Bonchev–Trinajstić information content (AvgIpc) is 3.84. The first kappa shape index (κ1) is 32.9. The summed E-state index contributed by atoms with van der Waals surface area (Å²) in [5.74, 6) is 0. The highest BCUT2D eigenvalue weighted by Crippen LogP contribution is 2.37. The molecule has 0 saturated carbocycles. The van der Waals surface area contributed by atoms with E-state index in [1.165, 1.54) is 54.4 Å². The van der Waals surface area contributed by atoms with Crippen LogP contribution in [-0.2, 0) is 0 Å². The van der Waals surface area contributed by atoms with E-state index in [0.717, 1.165) is 66.2 Å². The number of hydrogen-bond acceptors (Lipinski definition) is 2. The molecule has 0 saturated heterocycles. The molecule has 0 unspecified atom stereocenters. The molecule has 0 aliphatic carbocycles. The van der Waals surface area contributed by atoms with Gasteiger partial charge in [-0.3, -0.25) is 9.97 Å². The van der Waals surface area contributed by atoms with Crippen LogP contribution >= 0.6 is 0 Å². The van der Waals surface area contributed by atoms with E-state index in [9.17, 15) is 0 Å². The van der Waals surface area contributed by atoms with Crippen molar-refractivity contribution in [2.45, 2.75) is 0 Å². The van der Waals surface area contributed by atoms with Gasteiger partial charge in [0.25, 0.3) is 0 Å². The summed E-state index contributed by atoms with van der Waals surface area (Å²) in [6.07, 6.45) is 4.03. The molecular weight excluding hydrogens is 729 g/mol. The van der Waals surface area contributed by atoms with Gasteiger partial charge >= 0.3 is 0 Å². The van der Waals surface area contributed by atoms with E-state index in [0.29, 0.717) is 0 Å². The largest absolute Gasteiger partial charge is 0.309 e. The molecule has 4 aromatic heterocycles. The minimum absolute atomic E-state index is 1.01. The smallest absolute Gasteiger partial charge is 0.0780 e. The lowest BCUT2D eigenvalue weighted by atomic mass is 9.97. The standard InChI is InChI=1S/C56H34N4/c1-5-16-51-47(12-1)48-13-2-6-17-52(48)59(51)43-24-26-45-37(31-43)20-22-39-29-41(33-57-55(39)45)35-10-9-11-36(28-35)42-30-40-23-21-38-32-44(25-27-46(38)56(40)58-34-42)60-53-18-7-3-14-49(53)50-15-4-8-19-54(50)60/h1-34H. The van der Waals surface area contributed by atoms with Crippen LogP contribution in [0.15, 0.2) is 207 Å². The van der Waals surface area contributed by atoms with Crippen molar-refractivity contribution >= 4 is 87.0 Å². The van der Waals surface area contributed by atoms with Gasteiger partial charge in [0.1, 0.15) is 0 Å². The van der Waals surface area contributed by atoms with Gasteiger partial charge in [-0.2, -0.15) is 0 Å². The van der Waals surface area contributed by atoms with Gasteiger partial charge in [0.2, 0.25) is 0 Å². The van der Waals surface area contributed by atoms with Crippen LogP contribution in [0.25, 0.3) is 121 Å². The number of rotatable bonds is 4. The van der Waals surface area contributed by atoms with Gasteiger partial charge in [-0.25, -0.2) is 0 Å². The molecule has 0 radical (unpaired) electrons. The molecule has 0 aliphatic heterocycles. The second-order valence-electron chi connectivity index (χ2n) is 15.9. The molecule has 60 heavy (non-hydrogen) atoms. The van der Waals surface area contributed by atoms with Crippen LogP contribution in [0.5, 0.6) is 0 Å². The Morgan fingerprint density at radius 1 is 0.267 bits per heavy atom. The van der Waals surface area contributed by atoms with Crippen LogP contribution in [0.2, 0.25) is 0 Å². The summed E-state index contributed by atoms with van der Waals surface area (Å²) < 4.78 is 4.74. The van der Waals surface area contributed by atoms with Crippen molar-refractivity contribution in [1.29, 1.82) is 0 Å². The van der Waals surface area contributed by atoms with Crippen molar-refractivity contribution in [3.8, 4) is 33.6 Å². The Morgan fingerprint density at radius 2 is 0.650 bits per heavy atom. The van der Waals surface area contributed by atoms with Gasteiger partial charge in [-0.15, -0.1) is 0 Å². The number of nitrogens with zero attached hydrogens (tertiary/aromatic N) is 4. The Labute approximate surface area is 344 Å². The van der Waals surface area contributed by atoms with Gasteiger partial charge in [-0.05, 0) is 88.6 Å². The zero-order valence-corrected chi connectivity index (χ0v) is 32.4. The Morgan fingerprint density at radius 3 is 1.07 bits per heavy atom. The fourth-order valence-corrected chi connectivity index (χ4v) is 9.71. The highest BCUT2D eigenvalue weighted by Gasteiger charge is 2.15.